The quantitative estimate of drug-likeness (QED) is 0.263. The van der Waals surface area contributed by atoms with E-state index in [0.717, 1.165) is 0 Å². The van der Waals surface area contributed by atoms with Gasteiger partial charge in [-0.2, -0.15) is 0 Å². The number of carboxylic acids is 1. The number of nitrogens with two attached hydrogens (primary N) is 1. The topological polar surface area (TPSA) is 122 Å². The van der Waals surface area contributed by atoms with Crippen LogP contribution in [0.25, 0.3) is 0 Å². The maximum Gasteiger partial charge on any atom is 0.327 e. The Hall–Kier alpha value is -1.37. The Labute approximate surface area is 55.9 Å². The summed E-state index contributed by atoms with van der Waals surface area (Å²) in [6.07, 6.45) is 0. The number of aliphatic carboxylic acids is 1. The molecule has 0 aromatic carbocycles. The van der Waals surface area contributed by atoms with Gasteiger partial charge in [-0.3, -0.25) is 4.79 Å². The highest BCUT2D eigenvalue weighted by Crippen LogP contribution is 1.80. The van der Waals surface area contributed by atoms with Crippen LogP contribution in [0.4, 0.5) is 0 Å². The van der Waals surface area contributed by atoms with Crippen molar-refractivity contribution in [2.75, 3.05) is 6.54 Å². The van der Waals surface area contributed by atoms with Crippen molar-refractivity contribution in [3.8, 4) is 0 Å². The lowest BCUT2D eigenvalue weighted by atomic mass is 10.3. The van der Waals surface area contributed by atoms with Crippen molar-refractivity contribution in [3.05, 3.63) is 5.21 Å². The van der Waals surface area contributed by atoms with Crippen molar-refractivity contribution in [1.82, 2.24) is 0 Å². The van der Waals surface area contributed by atoms with Crippen molar-refractivity contribution in [1.29, 1.82) is 0 Å². The minimum atomic E-state index is -1.33. The SMILES string of the molecule is N[C@H](C[N+]([O-])=NO)C(=O)O. The zero-order valence-electron chi connectivity index (χ0n) is 4.97. The van der Waals surface area contributed by atoms with Crippen molar-refractivity contribution in [2.45, 2.75) is 6.04 Å². The van der Waals surface area contributed by atoms with Crippen molar-refractivity contribution in [2.24, 2.45) is 11.0 Å². The molecule has 0 radical (unpaired) electrons. The van der Waals surface area contributed by atoms with Crippen LogP contribution >= 0.6 is 0 Å². The highest BCUT2D eigenvalue weighted by molar-refractivity contribution is 5.73. The maximum absolute atomic E-state index is 10.1. The summed E-state index contributed by atoms with van der Waals surface area (Å²) in [6.45, 7) is -0.564. The van der Waals surface area contributed by atoms with Gasteiger partial charge in [-0.05, 0) is 0 Å². The Morgan fingerprint density at radius 2 is 2.40 bits per heavy atom. The van der Waals surface area contributed by atoms with E-state index in [4.69, 9.17) is 16.0 Å². The molecule has 0 saturated heterocycles. The number of carbonyl (C=O) groups is 1. The van der Waals surface area contributed by atoms with Crippen LogP contribution in [-0.4, -0.2) is 33.7 Å². The normalized spacial score (nSPS) is 14.7. The van der Waals surface area contributed by atoms with Crippen LogP contribution in [0.5, 0.6) is 0 Å². The molecule has 0 heterocycles. The fourth-order valence-corrected chi connectivity index (χ4v) is 0.283. The molecule has 0 aliphatic carbocycles. The van der Waals surface area contributed by atoms with Gasteiger partial charge in [0.1, 0.15) is 0 Å². The molecule has 0 rings (SSSR count). The van der Waals surface area contributed by atoms with Gasteiger partial charge < -0.3 is 21.3 Å². The summed E-state index contributed by atoms with van der Waals surface area (Å²) in [5.41, 5.74) is 4.88. The third kappa shape index (κ3) is 2.82. The van der Waals surface area contributed by atoms with Gasteiger partial charge in [0.25, 0.3) is 0 Å². The first kappa shape index (κ1) is 8.63. The molecule has 58 valence electrons. The van der Waals surface area contributed by atoms with Crippen LogP contribution in [0.3, 0.4) is 0 Å². The molecule has 4 N–H and O–H groups in total. The monoisotopic (exact) mass is 149 g/mol. The molecular formula is C3H7N3O4. The number of hydroxylamine groups is 1. The zero-order chi connectivity index (χ0) is 8.15. The molecule has 0 aliphatic rings. The van der Waals surface area contributed by atoms with E-state index in [1.807, 2.05) is 0 Å². The Morgan fingerprint density at radius 1 is 1.90 bits per heavy atom. The van der Waals surface area contributed by atoms with Crippen LogP contribution in [0, 0.1) is 5.21 Å². The lowest BCUT2D eigenvalue weighted by Gasteiger charge is -2.01. The Morgan fingerprint density at radius 3 is 2.70 bits per heavy atom. The number of hydrogen-bond donors (Lipinski definition) is 3. The first-order valence-electron chi connectivity index (χ1n) is 2.36. The number of hydrogen-bond acceptors (Lipinski definition) is 4. The predicted octanol–water partition coefficient (Wildman–Crippen LogP) is -1.25. The van der Waals surface area contributed by atoms with Crippen molar-refractivity contribution >= 4 is 5.97 Å². The van der Waals surface area contributed by atoms with Gasteiger partial charge in [0.2, 0.25) is 6.54 Å². The van der Waals surface area contributed by atoms with Crippen LogP contribution in [0.1, 0.15) is 0 Å². The van der Waals surface area contributed by atoms with Gasteiger partial charge in [-0.15, -0.1) is 0 Å². The Balaban J connectivity index is 3.80. The predicted molar refractivity (Wildman–Crippen MR) is 28.3 cm³/mol. The molecule has 0 amide bonds. The summed E-state index contributed by atoms with van der Waals surface area (Å²) in [5, 5.41) is 28.1. The zero-order valence-corrected chi connectivity index (χ0v) is 4.97. The van der Waals surface area contributed by atoms with Gasteiger partial charge in [0, 0.05) is 0 Å². The van der Waals surface area contributed by atoms with Crippen LogP contribution in [0.15, 0.2) is 5.28 Å². The molecule has 0 aromatic heterocycles. The average Bonchev–Trinajstić information content (AvgIpc) is 1.87. The average molecular weight is 149 g/mol. The molecule has 0 aliphatic heterocycles. The molecule has 1 atom stereocenters. The Bertz CT molecular complexity index is 156. The second-order valence-corrected chi connectivity index (χ2v) is 1.57. The molecule has 0 fully saturated rings. The van der Waals surface area contributed by atoms with Gasteiger partial charge in [0.05, 0.1) is 0 Å². The molecule has 7 nitrogen and oxygen atoms in total. The number of carboxylic acid groups (broad SMARTS) is 1. The van der Waals surface area contributed by atoms with Crippen molar-refractivity contribution < 1.29 is 20.0 Å². The molecule has 0 aromatic rings. The first-order valence-corrected chi connectivity index (χ1v) is 2.36. The van der Waals surface area contributed by atoms with Gasteiger partial charge >= 0.3 is 5.97 Å². The summed E-state index contributed by atoms with van der Waals surface area (Å²) in [4.78, 5) is 9.73. The van der Waals surface area contributed by atoms with E-state index in [9.17, 15) is 10.0 Å². The first-order chi connectivity index (χ1) is 4.57. The molecule has 0 unspecified atom stereocenters. The second-order valence-electron chi connectivity index (χ2n) is 1.57. The third-order valence-electron chi connectivity index (χ3n) is 0.770. The lowest BCUT2D eigenvalue weighted by molar-refractivity contribution is -0.556. The van der Waals surface area contributed by atoms with E-state index in [2.05, 4.69) is 5.28 Å². The van der Waals surface area contributed by atoms with E-state index in [-0.39, 0.29) is 4.86 Å². The fraction of sp³-hybridized carbons (Fsp3) is 0.667. The highest BCUT2D eigenvalue weighted by atomic mass is 16.6. The van der Waals surface area contributed by atoms with E-state index in [1.165, 1.54) is 0 Å². The van der Waals surface area contributed by atoms with Crippen LogP contribution < -0.4 is 5.73 Å². The smallest absolute Gasteiger partial charge is 0.327 e. The fourth-order valence-electron chi connectivity index (χ4n) is 0.283. The van der Waals surface area contributed by atoms with Gasteiger partial charge in [-0.1, -0.05) is 4.86 Å². The molecule has 7 heteroatoms. The molecular weight excluding hydrogens is 142 g/mol. The van der Waals surface area contributed by atoms with Crippen LogP contribution in [0.2, 0.25) is 0 Å². The minimum absolute atomic E-state index is 0.210. The summed E-state index contributed by atoms with van der Waals surface area (Å²) in [5.74, 6) is -1.32. The highest BCUT2D eigenvalue weighted by Gasteiger charge is 2.16. The van der Waals surface area contributed by atoms with E-state index < -0.39 is 18.6 Å². The molecule has 0 spiro atoms. The largest absolute Gasteiger partial charge is 0.597 e. The van der Waals surface area contributed by atoms with E-state index in [1.54, 1.807) is 0 Å². The van der Waals surface area contributed by atoms with Gasteiger partial charge in [0.15, 0.2) is 11.3 Å². The maximum atomic E-state index is 10.1. The molecule has 10 heavy (non-hydrogen) atoms. The van der Waals surface area contributed by atoms with Crippen LogP contribution in [-0.2, 0) is 4.79 Å². The lowest BCUT2D eigenvalue weighted by Crippen LogP contribution is -2.37. The Kier molecular flexibility index (Phi) is 3.12. The summed E-state index contributed by atoms with van der Waals surface area (Å²) in [6, 6.07) is -1.33. The number of rotatable bonds is 3. The molecule has 0 saturated carbocycles. The second kappa shape index (κ2) is 3.62. The molecule has 0 bridgehead atoms. The summed E-state index contributed by atoms with van der Waals surface area (Å²) in [7, 11) is 0. The van der Waals surface area contributed by atoms with Gasteiger partial charge in [-0.25, -0.2) is 0 Å². The summed E-state index contributed by atoms with van der Waals surface area (Å²) < 4.78 is 0. The minimum Gasteiger partial charge on any atom is -0.597 e. The van der Waals surface area contributed by atoms with Crippen molar-refractivity contribution in [3.63, 3.8) is 0 Å². The standard InChI is InChI=1S/C3H7N3O4/c4-2(3(7)8)1-6(10)5-9/h2,9H,1,4H2,(H,7,8)/t2-/m1/s1. The van der Waals surface area contributed by atoms with E-state index >= 15 is 0 Å². The summed E-state index contributed by atoms with van der Waals surface area (Å²) >= 11 is 0. The third-order valence-corrected chi connectivity index (χ3v) is 0.770. The van der Waals surface area contributed by atoms with E-state index in [0.29, 0.717) is 0 Å². The number of nitrogens with zero attached hydrogens (tertiary/aromatic N) is 2.